The van der Waals surface area contributed by atoms with Crippen LogP contribution >= 0.6 is 11.3 Å². The minimum atomic E-state index is -0.965. The Morgan fingerprint density at radius 1 is 1.24 bits per heavy atom. The van der Waals surface area contributed by atoms with Gasteiger partial charge in [-0.1, -0.05) is 30.3 Å². The van der Waals surface area contributed by atoms with Crippen LogP contribution in [0.3, 0.4) is 0 Å². The lowest BCUT2D eigenvalue weighted by atomic mass is 10.1. The zero-order valence-electron chi connectivity index (χ0n) is 21.6. The number of hydrogen-bond acceptors (Lipinski definition) is 8. The van der Waals surface area contributed by atoms with Crippen molar-refractivity contribution in [2.45, 2.75) is 51.9 Å². The van der Waals surface area contributed by atoms with E-state index in [0.717, 1.165) is 26.6 Å². The fourth-order valence-electron chi connectivity index (χ4n) is 4.35. The van der Waals surface area contributed by atoms with Gasteiger partial charge in [0.25, 0.3) is 11.8 Å². The maximum Gasteiger partial charge on any atom is 0.252 e. The average molecular weight is 537 g/mol. The van der Waals surface area contributed by atoms with Crippen LogP contribution in [0.1, 0.15) is 41.9 Å². The molecule has 0 spiro atoms. The molecule has 0 aliphatic carbocycles. The summed E-state index contributed by atoms with van der Waals surface area (Å²) in [6.07, 6.45) is -0.436. The van der Waals surface area contributed by atoms with Gasteiger partial charge in [0.15, 0.2) is 0 Å². The zero-order valence-corrected chi connectivity index (χ0v) is 22.5. The lowest BCUT2D eigenvalue weighted by Crippen LogP contribution is -2.52. The summed E-state index contributed by atoms with van der Waals surface area (Å²) in [4.78, 5) is 46.3. The molecule has 1 fully saturated rings. The van der Waals surface area contributed by atoms with Gasteiger partial charge in [0, 0.05) is 12.1 Å². The zero-order chi connectivity index (χ0) is 27.2. The van der Waals surface area contributed by atoms with Crippen molar-refractivity contribution in [1.82, 2.24) is 20.5 Å². The van der Waals surface area contributed by atoms with Gasteiger partial charge in [0.05, 0.1) is 41.4 Å². The van der Waals surface area contributed by atoms with Gasteiger partial charge in [0.1, 0.15) is 11.8 Å². The summed E-state index contributed by atoms with van der Waals surface area (Å²) in [6.45, 7) is 6.14. The van der Waals surface area contributed by atoms with Crippen molar-refractivity contribution < 1.29 is 24.2 Å². The molecule has 0 radical (unpaired) electrons. The van der Waals surface area contributed by atoms with Gasteiger partial charge in [-0.15, -0.1) is 11.3 Å². The molecule has 0 saturated carbocycles. The fourth-order valence-corrected chi connectivity index (χ4v) is 5.16. The number of aliphatic hydroxyl groups is 1. The number of carbonyl (C=O) groups excluding carboxylic acids is 3. The normalized spacial score (nSPS) is 17.6. The second kappa shape index (κ2) is 12.3. The lowest BCUT2D eigenvalue weighted by Gasteiger charge is -2.27. The van der Waals surface area contributed by atoms with E-state index in [9.17, 15) is 19.5 Å². The number of aromatic nitrogens is 1. The molecule has 2 aromatic carbocycles. The van der Waals surface area contributed by atoms with E-state index in [2.05, 4.69) is 15.6 Å². The maximum absolute atomic E-state index is 13.5. The van der Waals surface area contributed by atoms with Crippen molar-refractivity contribution in [2.24, 2.45) is 0 Å². The molecule has 0 unspecified atom stereocenters. The summed E-state index contributed by atoms with van der Waals surface area (Å²) < 4.78 is 5.46. The van der Waals surface area contributed by atoms with E-state index >= 15 is 0 Å². The number of thiazole rings is 1. The van der Waals surface area contributed by atoms with Crippen molar-refractivity contribution in [3.63, 3.8) is 0 Å². The Labute approximate surface area is 225 Å². The Hall–Kier alpha value is -3.60. The summed E-state index contributed by atoms with van der Waals surface area (Å²) >= 11 is 1.55. The number of nitrogens with one attached hydrogen (secondary N) is 2. The van der Waals surface area contributed by atoms with Gasteiger partial charge < -0.3 is 20.5 Å². The molecule has 1 aliphatic heterocycles. The van der Waals surface area contributed by atoms with Crippen LogP contribution in [0.2, 0.25) is 0 Å². The number of aliphatic hydroxyl groups excluding tert-OH is 1. The molecule has 0 bridgehead atoms. The number of β-amino-alcohol motifs (C(OH)–C–C–N with tert-alkyl or cyclic N) is 1. The molecule has 38 heavy (non-hydrogen) atoms. The predicted octanol–water partition coefficient (Wildman–Crippen LogP) is 2.91. The number of benzene rings is 2. The molecule has 200 valence electrons. The van der Waals surface area contributed by atoms with E-state index in [1.807, 2.05) is 38.1 Å². The SMILES string of the molecule is CCOc1cccc(C(=O)N[C@@H](C)C(=O)N(Cc2ccc(-c3scnc3C)cc2)C(=O)[C@@H]2C[C@@H](O)CN2)c1. The monoisotopic (exact) mass is 536 g/mol. The number of carbonyl (C=O) groups is 3. The number of ether oxygens (including phenoxy) is 1. The maximum atomic E-state index is 13.5. The van der Waals surface area contributed by atoms with Crippen molar-refractivity contribution in [1.29, 1.82) is 0 Å². The highest BCUT2D eigenvalue weighted by atomic mass is 32.1. The summed E-state index contributed by atoms with van der Waals surface area (Å²) in [5.41, 5.74) is 4.86. The number of hydrogen-bond donors (Lipinski definition) is 3. The topological polar surface area (TPSA) is 121 Å². The van der Waals surface area contributed by atoms with E-state index in [4.69, 9.17) is 4.74 Å². The summed E-state index contributed by atoms with van der Waals surface area (Å²) in [7, 11) is 0. The van der Waals surface area contributed by atoms with E-state index < -0.39 is 35.9 Å². The number of imide groups is 1. The molecule has 3 atom stereocenters. The number of nitrogens with zero attached hydrogens (tertiary/aromatic N) is 2. The van der Waals surface area contributed by atoms with Gasteiger partial charge in [-0.25, -0.2) is 4.98 Å². The van der Waals surface area contributed by atoms with Crippen LogP contribution in [-0.2, 0) is 16.1 Å². The third-order valence-corrected chi connectivity index (χ3v) is 7.34. The first kappa shape index (κ1) is 27.4. The Kier molecular flexibility index (Phi) is 8.88. The van der Waals surface area contributed by atoms with Crippen molar-refractivity contribution >= 4 is 29.1 Å². The number of rotatable bonds is 9. The minimum absolute atomic E-state index is 0.0356. The Bertz CT molecular complexity index is 1290. The van der Waals surface area contributed by atoms with Crippen molar-refractivity contribution in [3.8, 4) is 16.2 Å². The molecule has 1 saturated heterocycles. The van der Waals surface area contributed by atoms with E-state index in [1.54, 1.807) is 48.0 Å². The molecule has 3 aromatic rings. The third kappa shape index (κ3) is 6.45. The van der Waals surface area contributed by atoms with Crippen LogP contribution in [0.4, 0.5) is 0 Å². The molecule has 2 heterocycles. The Morgan fingerprint density at radius 3 is 2.63 bits per heavy atom. The van der Waals surface area contributed by atoms with E-state index in [1.165, 1.54) is 0 Å². The van der Waals surface area contributed by atoms with Crippen LogP contribution in [0.25, 0.3) is 10.4 Å². The lowest BCUT2D eigenvalue weighted by molar-refractivity contribution is -0.147. The van der Waals surface area contributed by atoms with Gasteiger partial charge in [-0.2, -0.15) is 0 Å². The second-order valence-corrected chi connectivity index (χ2v) is 10.1. The number of aryl methyl sites for hydroxylation is 1. The van der Waals surface area contributed by atoms with Crippen LogP contribution in [0.15, 0.2) is 54.0 Å². The average Bonchev–Trinajstić information content (AvgIpc) is 3.55. The first-order chi connectivity index (χ1) is 18.3. The highest BCUT2D eigenvalue weighted by Gasteiger charge is 2.36. The molecule has 9 nitrogen and oxygen atoms in total. The van der Waals surface area contributed by atoms with Crippen molar-refractivity contribution in [3.05, 3.63) is 70.9 Å². The highest BCUT2D eigenvalue weighted by Crippen LogP contribution is 2.27. The van der Waals surface area contributed by atoms with Gasteiger partial charge in [0.2, 0.25) is 5.91 Å². The predicted molar refractivity (Wildman–Crippen MR) is 145 cm³/mol. The molecular weight excluding hydrogens is 504 g/mol. The van der Waals surface area contributed by atoms with E-state index in [0.29, 0.717) is 17.9 Å². The Balaban J connectivity index is 1.51. The van der Waals surface area contributed by atoms with E-state index in [-0.39, 0.29) is 19.5 Å². The number of amides is 3. The molecule has 3 N–H and O–H groups in total. The quantitative estimate of drug-likeness (QED) is 0.385. The Morgan fingerprint density at radius 2 is 2.00 bits per heavy atom. The standard InChI is InChI=1S/C28H32N4O5S/c1-4-37-23-7-5-6-21(12-23)26(34)31-18(3)27(35)32(28(36)24-13-22(33)14-29-24)15-19-8-10-20(11-9-19)25-17(2)30-16-38-25/h5-12,16,18,22,24,29,33H,4,13-15H2,1-3H3,(H,31,34)/t18-,22+,24-/m0/s1. The van der Waals surface area contributed by atoms with Crippen LogP contribution < -0.4 is 15.4 Å². The smallest absolute Gasteiger partial charge is 0.252 e. The first-order valence-electron chi connectivity index (χ1n) is 12.6. The third-order valence-electron chi connectivity index (χ3n) is 6.37. The van der Waals surface area contributed by atoms with Crippen molar-refractivity contribution in [2.75, 3.05) is 13.2 Å². The van der Waals surface area contributed by atoms with Crippen LogP contribution in [-0.4, -0.2) is 64.1 Å². The molecule has 1 aromatic heterocycles. The first-order valence-corrected chi connectivity index (χ1v) is 13.4. The molecule has 3 amide bonds. The summed E-state index contributed by atoms with van der Waals surface area (Å²) in [6, 6.07) is 12.7. The van der Waals surface area contributed by atoms with Crippen LogP contribution in [0, 0.1) is 6.92 Å². The second-order valence-electron chi connectivity index (χ2n) is 9.23. The van der Waals surface area contributed by atoms with Gasteiger partial charge in [-0.05, 0) is 56.5 Å². The minimum Gasteiger partial charge on any atom is -0.494 e. The fraction of sp³-hybridized carbons (Fsp3) is 0.357. The summed E-state index contributed by atoms with van der Waals surface area (Å²) in [5, 5.41) is 15.6. The van der Waals surface area contributed by atoms with Gasteiger partial charge in [-0.3, -0.25) is 19.3 Å². The molecule has 4 rings (SSSR count). The highest BCUT2D eigenvalue weighted by molar-refractivity contribution is 7.13. The molecule has 10 heteroatoms. The molecular formula is C28H32N4O5S. The molecule has 1 aliphatic rings. The van der Waals surface area contributed by atoms with Crippen LogP contribution in [0.5, 0.6) is 5.75 Å². The largest absolute Gasteiger partial charge is 0.494 e. The van der Waals surface area contributed by atoms with Gasteiger partial charge >= 0.3 is 0 Å². The summed E-state index contributed by atoms with van der Waals surface area (Å²) in [5.74, 6) is -0.861.